The van der Waals surface area contributed by atoms with Gasteiger partial charge in [-0.25, -0.2) is 0 Å². The third-order valence-corrected chi connectivity index (χ3v) is 2.43. The Kier molecular flexibility index (Phi) is 11.2. The molecule has 0 aliphatic rings. The van der Waals surface area contributed by atoms with E-state index in [9.17, 15) is 0 Å². The number of hydrogen-bond acceptors (Lipinski definition) is 3. The van der Waals surface area contributed by atoms with Crippen LogP contribution in [0.2, 0.25) is 0 Å². The van der Waals surface area contributed by atoms with Crippen LogP contribution in [0.15, 0.2) is 29.3 Å². The molecule has 1 aromatic carbocycles. The van der Waals surface area contributed by atoms with Gasteiger partial charge in [0.2, 0.25) is 0 Å². The number of halogens is 1. The Morgan fingerprint density at radius 1 is 1.30 bits per heavy atom. The highest BCUT2D eigenvalue weighted by molar-refractivity contribution is 14.0. The molecule has 5 nitrogen and oxygen atoms in total. The van der Waals surface area contributed by atoms with Crippen molar-refractivity contribution in [2.24, 2.45) is 4.99 Å². The quantitative estimate of drug-likeness (QED) is 0.324. The number of rotatable bonds is 7. The van der Waals surface area contributed by atoms with Crippen LogP contribution in [-0.4, -0.2) is 39.9 Å². The van der Waals surface area contributed by atoms with Crippen molar-refractivity contribution in [1.82, 2.24) is 5.32 Å². The predicted octanol–water partition coefficient (Wildman–Crippen LogP) is 2.73. The highest BCUT2D eigenvalue weighted by Gasteiger charge is 2.00. The summed E-state index contributed by atoms with van der Waals surface area (Å²) in [7, 11) is 3.44. The minimum atomic E-state index is 0. The monoisotopic (exact) mass is 393 g/mol. The average Bonchev–Trinajstić information content (AvgIpc) is 2.43. The molecule has 0 amide bonds. The van der Waals surface area contributed by atoms with E-state index < -0.39 is 0 Å². The van der Waals surface area contributed by atoms with E-state index in [1.165, 1.54) is 0 Å². The van der Waals surface area contributed by atoms with E-state index in [0.717, 1.165) is 30.4 Å². The first kappa shape index (κ1) is 19.0. The van der Waals surface area contributed by atoms with Gasteiger partial charge in [0.15, 0.2) is 5.96 Å². The fourth-order valence-electron chi connectivity index (χ4n) is 1.54. The van der Waals surface area contributed by atoms with E-state index in [2.05, 4.69) is 15.6 Å². The van der Waals surface area contributed by atoms with Gasteiger partial charge in [-0.05, 0) is 19.1 Å². The smallest absolute Gasteiger partial charge is 0.195 e. The molecule has 0 unspecified atom stereocenters. The molecule has 20 heavy (non-hydrogen) atoms. The Balaban J connectivity index is 0.00000361. The van der Waals surface area contributed by atoms with Gasteiger partial charge >= 0.3 is 0 Å². The highest BCUT2D eigenvalue weighted by Crippen LogP contribution is 2.17. The molecular weight excluding hydrogens is 369 g/mol. The first-order valence-corrected chi connectivity index (χ1v) is 6.49. The summed E-state index contributed by atoms with van der Waals surface area (Å²) in [4.78, 5) is 4.13. The highest BCUT2D eigenvalue weighted by atomic mass is 127. The van der Waals surface area contributed by atoms with Crippen LogP contribution in [0, 0.1) is 0 Å². The molecule has 1 aromatic rings. The molecule has 0 saturated heterocycles. The van der Waals surface area contributed by atoms with Crippen LogP contribution >= 0.6 is 24.0 Å². The Morgan fingerprint density at radius 2 is 2.10 bits per heavy atom. The van der Waals surface area contributed by atoms with Gasteiger partial charge in [-0.2, -0.15) is 0 Å². The van der Waals surface area contributed by atoms with Gasteiger partial charge in [0.1, 0.15) is 5.75 Å². The maximum Gasteiger partial charge on any atom is 0.195 e. The standard InChI is InChI=1S/C14H23N3O2.HI/c1-4-16-14(15-2)17-12-7-5-8-13(11-12)19-10-6-9-18-3;/h5,7-8,11H,4,6,9-10H2,1-3H3,(H2,15,16,17);1H. The van der Waals surface area contributed by atoms with Crippen molar-refractivity contribution >= 4 is 35.6 Å². The van der Waals surface area contributed by atoms with Crippen molar-refractivity contribution in [3.8, 4) is 5.75 Å². The number of nitrogens with zero attached hydrogens (tertiary/aromatic N) is 1. The number of benzene rings is 1. The lowest BCUT2D eigenvalue weighted by Gasteiger charge is -2.12. The molecule has 0 heterocycles. The second kappa shape index (κ2) is 11.8. The number of hydrogen-bond donors (Lipinski definition) is 2. The van der Waals surface area contributed by atoms with Crippen LogP contribution in [0.3, 0.4) is 0 Å². The zero-order chi connectivity index (χ0) is 13.9. The summed E-state index contributed by atoms with van der Waals surface area (Å²) in [5.74, 6) is 1.59. The van der Waals surface area contributed by atoms with Gasteiger partial charge in [-0.1, -0.05) is 6.07 Å². The van der Waals surface area contributed by atoms with Crippen LogP contribution in [-0.2, 0) is 4.74 Å². The minimum Gasteiger partial charge on any atom is -0.493 e. The molecule has 0 aromatic heterocycles. The van der Waals surface area contributed by atoms with Crippen LogP contribution in [0.4, 0.5) is 5.69 Å². The molecule has 0 aliphatic carbocycles. The summed E-state index contributed by atoms with van der Waals surface area (Å²) in [5.41, 5.74) is 0.950. The van der Waals surface area contributed by atoms with Crippen molar-refractivity contribution in [2.75, 3.05) is 39.2 Å². The van der Waals surface area contributed by atoms with E-state index in [0.29, 0.717) is 13.2 Å². The fraction of sp³-hybridized carbons (Fsp3) is 0.500. The van der Waals surface area contributed by atoms with Crippen LogP contribution < -0.4 is 15.4 Å². The molecule has 0 radical (unpaired) electrons. The molecule has 0 fully saturated rings. The van der Waals surface area contributed by atoms with Crippen molar-refractivity contribution in [1.29, 1.82) is 0 Å². The Labute approximate surface area is 138 Å². The molecule has 1 rings (SSSR count). The van der Waals surface area contributed by atoms with E-state index in [1.807, 2.05) is 31.2 Å². The number of aliphatic imine (C=N–C) groups is 1. The molecule has 0 bridgehead atoms. The molecule has 0 saturated carbocycles. The van der Waals surface area contributed by atoms with Gasteiger partial charge in [0, 0.05) is 45.5 Å². The SMILES string of the molecule is CCNC(=NC)Nc1cccc(OCCCOC)c1.I. The lowest BCUT2D eigenvalue weighted by Crippen LogP contribution is -2.30. The van der Waals surface area contributed by atoms with Crippen molar-refractivity contribution in [3.63, 3.8) is 0 Å². The molecule has 0 atom stereocenters. The topological polar surface area (TPSA) is 54.9 Å². The summed E-state index contributed by atoms with van der Waals surface area (Å²) < 4.78 is 10.6. The zero-order valence-electron chi connectivity index (χ0n) is 12.3. The molecule has 6 heteroatoms. The third-order valence-electron chi connectivity index (χ3n) is 2.43. The van der Waals surface area contributed by atoms with Gasteiger partial charge in [-0.3, -0.25) is 4.99 Å². The number of ether oxygens (including phenoxy) is 2. The van der Waals surface area contributed by atoms with Crippen molar-refractivity contribution in [2.45, 2.75) is 13.3 Å². The number of methoxy groups -OCH3 is 1. The Morgan fingerprint density at radius 3 is 2.75 bits per heavy atom. The zero-order valence-corrected chi connectivity index (χ0v) is 14.6. The largest absolute Gasteiger partial charge is 0.493 e. The average molecular weight is 393 g/mol. The summed E-state index contributed by atoms with van der Waals surface area (Å²) >= 11 is 0. The predicted molar refractivity (Wildman–Crippen MR) is 94.5 cm³/mol. The van der Waals surface area contributed by atoms with Gasteiger partial charge in [-0.15, -0.1) is 24.0 Å². The third kappa shape index (κ3) is 7.54. The normalized spacial score (nSPS) is 10.7. The number of nitrogens with one attached hydrogen (secondary N) is 2. The van der Waals surface area contributed by atoms with Gasteiger partial charge in [0.05, 0.1) is 6.61 Å². The summed E-state index contributed by atoms with van der Waals surface area (Å²) in [5, 5.41) is 6.35. The second-order valence-corrected chi connectivity index (χ2v) is 3.95. The lowest BCUT2D eigenvalue weighted by molar-refractivity contribution is 0.172. The summed E-state index contributed by atoms with van der Waals surface area (Å²) in [6.45, 7) is 4.22. The first-order chi connectivity index (χ1) is 9.30. The minimum absolute atomic E-state index is 0. The molecular formula is C14H24IN3O2. The Bertz CT molecular complexity index is 400. The van der Waals surface area contributed by atoms with Gasteiger partial charge in [0.25, 0.3) is 0 Å². The molecule has 2 N–H and O–H groups in total. The van der Waals surface area contributed by atoms with Crippen molar-refractivity contribution in [3.05, 3.63) is 24.3 Å². The molecule has 0 spiro atoms. The second-order valence-electron chi connectivity index (χ2n) is 3.95. The fourth-order valence-corrected chi connectivity index (χ4v) is 1.54. The Hall–Kier alpha value is -1.02. The first-order valence-electron chi connectivity index (χ1n) is 6.49. The van der Waals surface area contributed by atoms with E-state index in [1.54, 1.807) is 14.2 Å². The molecule has 114 valence electrons. The number of anilines is 1. The van der Waals surface area contributed by atoms with E-state index >= 15 is 0 Å². The van der Waals surface area contributed by atoms with E-state index in [4.69, 9.17) is 9.47 Å². The number of guanidine groups is 1. The lowest BCUT2D eigenvalue weighted by atomic mass is 10.3. The molecule has 0 aliphatic heterocycles. The summed E-state index contributed by atoms with van der Waals surface area (Å²) in [6.07, 6.45) is 0.882. The summed E-state index contributed by atoms with van der Waals surface area (Å²) in [6, 6.07) is 7.82. The van der Waals surface area contributed by atoms with Crippen LogP contribution in [0.25, 0.3) is 0 Å². The van der Waals surface area contributed by atoms with Crippen molar-refractivity contribution < 1.29 is 9.47 Å². The maximum atomic E-state index is 5.64. The van der Waals surface area contributed by atoms with Gasteiger partial charge < -0.3 is 20.1 Å². The van der Waals surface area contributed by atoms with Crippen LogP contribution in [0.5, 0.6) is 5.75 Å². The van der Waals surface area contributed by atoms with Crippen LogP contribution in [0.1, 0.15) is 13.3 Å². The van der Waals surface area contributed by atoms with E-state index in [-0.39, 0.29) is 24.0 Å². The maximum absolute atomic E-state index is 5.64.